The van der Waals surface area contributed by atoms with E-state index >= 15 is 0 Å². The highest BCUT2D eigenvalue weighted by Gasteiger charge is 2.16. The van der Waals surface area contributed by atoms with Crippen LogP contribution in [0.3, 0.4) is 0 Å². The lowest BCUT2D eigenvalue weighted by Gasteiger charge is -2.10. The maximum absolute atomic E-state index is 12.8. The molecule has 1 aromatic carbocycles. The molecule has 0 saturated heterocycles. The van der Waals surface area contributed by atoms with E-state index in [9.17, 15) is 4.79 Å². The molecule has 0 spiro atoms. The molecule has 0 aliphatic heterocycles. The summed E-state index contributed by atoms with van der Waals surface area (Å²) >= 11 is 1.49. The quantitative estimate of drug-likeness (QED) is 0.610. The molecule has 1 N–H and O–H groups in total. The van der Waals surface area contributed by atoms with Crippen molar-refractivity contribution in [1.29, 1.82) is 0 Å². The highest BCUT2D eigenvalue weighted by molar-refractivity contribution is 7.98. The number of carbonyl (C=O) groups excluding carboxylic acids is 1. The van der Waals surface area contributed by atoms with Gasteiger partial charge in [0.15, 0.2) is 0 Å². The summed E-state index contributed by atoms with van der Waals surface area (Å²) in [6.45, 7) is 4.29. The second-order valence-electron chi connectivity index (χ2n) is 6.04. The van der Waals surface area contributed by atoms with Crippen molar-refractivity contribution in [2.75, 3.05) is 12.4 Å². The summed E-state index contributed by atoms with van der Waals surface area (Å²) in [5.41, 5.74) is 4.14. The lowest BCUT2D eigenvalue weighted by molar-refractivity contribution is 0.102. The van der Waals surface area contributed by atoms with Crippen LogP contribution in [0.1, 0.15) is 32.9 Å². The number of carbonyl (C=O) groups is 1. The first-order valence-electron chi connectivity index (χ1n) is 8.47. The number of benzene rings is 1. The smallest absolute Gasteiger partial charge is 0.258 e. The van der Waals surface area contributed by atoms with Gasteiger partial charge in [0.25, 0.3) is 5.91 Å². The van der Waals surface area contributed by atoms with E-state index in [1.165, 1.54) is 11.8 Å². The van der Waals surface area contributed by atoms with Crippen LogP contribution in [0.2, 0.25) is 0 Å². The van der Waals surface area contributed by atoms with E-state index in [1.54, 1.807) is 25.4 Å². The zero-order valence-corrected chi connectivity index (χ0v) is 16.3. The number of hydrogen-bond acceptors (Lipinski definition) is 6. The number of methoxy groups -OCH3 is 1. The number of anilines is 1. The Balaban J connectivity index is 1.75. The molecule has 0 radical (unpaired) electrons. The minimum atomic E-state index is -0.195. The summed E-state index contributed by atoms with van der Waals surface area (Å²) in [6.07, 6.45) is 1.69. The number of pyridine rings is 1. The van der Waals surface area contributed by atoms with Gasteiger partial charge in [-0.1, -0.05) is 17.3 Å². The maximum atomic E-state index is 12.8. The number of aryl methyl sites for hydroxylation is 2. The van der Waals surface area contributed by atoms with E-state index in [1.807, 2.05) is 38.1 Å². The first-order chi connectivity index (χ1) is 13.1. The standard InChI is InChI=1S/C20H21N3O3S/c1-13-18(14(2)26-23-13)12-27-20-17(8-5-9-21-20)19(24)22-16-7-4-6-15(10-16)11-25-3/h4-10H,11-12H2,1-3H3,(H,22,24). The van der Waals surface area contributed by atoms with Gasteiger partial charge in [-0.15, -0.1) is 11.8 Å². The predicted molar refractivity (Wildman–Crippen MR) is 105 cm³/mol. The summed E-state index contributed by atoms with van der Waals surface area (Å²) in [5, 5.41) is 7.57. The molecule has 0 atom stereocenters. The van der Waals surface area contributed by atoms with Crippen LogP contribution < -0.4 is 5.32 Å². The molecule has 3 aromatic rings. The van der Waals surface area contributed by atoms with E-state index in [-0.39, 0.29) is 5.91 Å². The van der Waals surface area contributed by atoms with Gasteiger partial charge in [0.1, 0.15) is 10.8 Å². The van der Waals surface area contributed by atoms with Crippen LogP contribution in [0, 0.1) is 13.8 Å². The average Bonchev–Trinajstić information content (AvgIpc) is 2.98. The summed E-state index contributed by atoms with van der Waals surface area (Å²) < 4.78 is 10.3. The van der Waals surface area contributed by atoms with Crippen LogP contribution in [0.4, 0.5) is 5.69 Å². The first kappa shape index (κ1) is 19.1. The Bertz CT molecular complexity index is 920. The molecule has 0 aliphatic carbocycles. The van der Waals surface area contributed by atoms with Crippen LogP contribution >= 0.6 is 11.8 Å². The van der Waals surface area contributed by atoms with Crippen molar-refractivity contribution in [3.05, 3.63) is 70.7 Å². The monoisotopic (exact) mass is 383 g/mol. The van der Waals surface area contributed by atoms with Gasteiger partial charge in [0.2, 0.25) is 0 Å². The van der Waals surface area contributed by atoms with Crippen molar-refractivity contribution in [2.24, 2.45) is 0 Å². The Morgan fingerprint density at radius 3 is 2.85 bits per heavy atom. The molecule has 3 rings (SSSR count). The Morgan fingerprint density at radius 2 is 2.11 bits per heavy atom. The fraction of sp³-hybridized carbons (Fsp3) is 0.250. The third-order valence-electron chi connectivity index (χ3n) is 4.05. The average molecular weight is 383 g/mol. The number of aromatic nitrogens is 2. The number of hydrogen-bond donors (Lipinski definition) is 1. The van der Waals surface area contributed by atoms with Gasteiger partial charge < -0.3 is 14.6 Å². The fourth-order valence-electron chi connectivity index (χ4n) is 2.63. The number of ether oxygens (including phenoxy) is 1. The zero-order valence-electron chi connectivity index (χ0n) is 15.5. The van der Waals surface area contributed by atoms with Crippen molar-refractivity contribution < 1.29 is 14.1 Å². The van der Waals surface area contributed by atoms with Gasteiger partial charge in [0.05, 0.1) is 17.9 Å². The van der Waals surface area contributed by atoms with E-state index in [4.69, 9.17) is 9.26 Å². The highest BCUT2D eigenvalue weighted by Crippen LogP contribution is 2.27. The second-order valence-corrected chi connectivity index (χ2v) is 7.00. The summed E-state index contributed by atoms with van der Waals surface area (Å²) in [5.74, 6) is 1.23. The largest absolute Gasteiger partial charge is 0.380 e. The van der Waals surface area contributed by atoms with E-state index in [2.05, 4.69) is 15.5 Å². The summed E-state index contributed by atoms with van der Waals surface area (Å²) in [6, 6.07) is 11.1. The normalized spacial score (nSPS) is 10.8. The SMILES string of the molecule is COCc1cccc(NC(=O)c2cccnc2SCc2c(C)noc2C)c1. The Morgan fingerprint density at radius 1 is 1.26 bits per heavy atom. The van der Waals surface area contributed by atoms with E-state index in [0.717, 1.165) is 28.3 Å². The molecule has 0 unspecified atom stereocenters. The van der Waals surface area contributed by atoms with Crippen LogP contribution in [-0.2, 0) is 17.1 Å². The molecule has 0 fully saturated rings. The topological polar surface area (TPSA) is 77.2 Å². The van der Waals surface area contributed by atoms with Crippen LogP contribution in [-0.4, -0.2) is 23.2 Å². The molecule has 27 heavy (non-hydrogen) atoms. The van der Waals surface area contributed by atoms with Crippen LogP contribution in [0.15, 0.2) is 52.1 Å². The van der Waals surface area contributed by atoms with E-state index < -0.39 is 0 Å². The van der Waals surface area contributed by atoms with Gasteiger partial charge in [-0.05, 0) is 43.7 Å². The molecule has 2 aromatic heterocycles. The first-order valence-corrected chi connectivity index (χ1v) is 9.46. The van der Waals surface area contributed by atoms with Crippen molar-refractivity contribution in [1.82, 2.24) is 10.1 Å². The molecular formula is C20H21N3O3S. The third kappa shape index (κ3) is 4.75. The Hall–Kier alpha value is -2.64. The number of nitrogens with zero attached hydrogens (tertiary/aromatic N) is 2. The van der Waals surface area contributed by atoms with Crippen LogP contribution in [0.25, 0.3) is 0 Å². The number of amides is 1. The van der Waals surface area contributed by atoms with Crippen molar-refractivity contribution in [3.8, 4) is 0 Å². The Kier molecular flexibility index (Phi) is 6.26. The number of rotatable bonds is 7. The minimum absolute atomic E-state index is 0.195. The highest BCUT2D eigenvalue weighted by atomic mass is 32.2. The van der Waals surface area contributed by atoms with Gasteiger partial charge in [-0.25, -0.2) is 4.98 Å². The molecule has 1 amide bonds. The summed E-state index contributed by atoms with van der Waals surface area (Å²) in [7, 11) is 1.64. The van der Waals surface area contributed by atoms with Gasteiger partial charge in [-0.2, -0.15) is 0 Å². The van der Waals surface area contributed by atoms with Crippen LogP contribution in [0.5, 0.6) is 0 Å². The summed E-state index contributed by atoms with van der Waals surface area (Å²) in [4.78, 5) is 17.2. The third-order valence-corrected chi connectivity index (χ3v) is 5.08. The number of nitrogens with one attached hydrogen (secondary N) is 1. The molecule has 6 nitrogen and oxygen atoms in total. The molecule has 0 bridgehead atoms. The molecule has 7 heteroatoms. The van der Waals surface area contributed by atoms with E-state index in [0.29, 0.717) is 22.9 Å². The van der Waals surface area contributed by atoms with Crippen molar-refractivity contribution in [3.63, 3.8) is 0 Å². The number of thioether (sulfide) groups is 1. The lowest BCUT2D eigenvalue weighted by Crippen LogP contribution is -2.13. The predicted octanol–water partition coefficient (Wildman–Crippen LogP) is 4.38. The van der Waals surface area contributed by atoms with Gasteiger partial charge >= 0.3 is 0 Å². The fourth-order valence-corrected chi connectivity index (χ4v) is 3.78. The Labute approximate surface area is 162 Å². The van der Waals surface area contributed by atoms with Gasteiger partial charge in [0, 0.05) is 30.3 Å². The van der Waals surface area contributed by atoms with Crippen molar-refractivity contribution >= 4 is 23.4 Å². The second kappa shape index (κ2) is 8.83. The molecule has 2 heterocycles. The lowest BCUT2D eigenvalue weighted by atomic mass is 10.2. The molecule has 0 saturated carbocycles. The molecule has 140 valence electrons. The molecular weight excluding hydrogens is 362 g/mol. The maximum Gasteiger partial charge on any atom is 0.258 e. The molecule has 0 aliphatic rings. The minimum Gasteiger partial charge on any atom is -0.380 e. The van der Waals surface area contributed by atoms with Gasteiger partial charge in [-0.3, -0.25) is 4.79 Å². The van der Waals surface area contributed by atoms with Crippen molar-refractivity contribution in [2.45, 2.75) is 31.2 Å². The zero-order chi connectivity index (χ0) is 19.2.